The molecule has 0 aliphatic carbocycles. The topological polar surface area (TPSA) is 29.5 Å². The summed E-state index contributed by atoms with van der Waals surface area (Å²) in [6, 6.07) is 4.44. The van der Waals surface area contributed by atoms with Gasteiger partial charge in [-0.1, -0.05) is 13.0 Å². The van der Waals surface area contributed by atoms with Crippen molar-refractivity contribution in [1.29, 1.82) is 0 Å². The molecule has 0 heterocycles. The van der Waals surface area contributed by atoms with Gasteiger partial charge in [0.2, 0.25) is 0 Å². The summed E-state index contributed by atoms with van der Waals surface area (Å²) >= 11 is 3.07. The van der Waals surface area contributed by atoms with Gasteiger partial charge < -0.3 is 9.84 Å². The Morgan fingerprint density at radius 2 is 2.27 bits per heavy atom. The van der Waals surface area contributed by atoms with E-state index in [2.05, 4.69) is 15.9 Å². The molecule has 1 aromatic rings. The van der Waals surface area contributed by atoms with E-state index in [0.29, 0.717) is 16.6 Å². The van der Waals surface area contributed by atoms with Crippen LogP contribution in [0, 0.1) is 5.82 Å². The van der Waals surface area contributed by atoms with Crippen LogP contribution in [0.5, 0.6) is 0 Å². The van der Waals surface area contributed by atoms with Gasteiger partial charge in [-0.05, 0) is 40.0 Å². The van der Waals surface area contributed by atoms with E-state index in [9.17, 15) is 9.50 Å². The molecule has 0 saturated carbocycles. The highest BCUT2D eigenvalue weighted by Crippen LogP contribution is 2.21. The molecule has 15 heavy (non-hydrogen) atoms. The minimum absolute atomic E-state index is 0.242. The molecular weight excluding hydrogens is 263 g/mol. The Kier molecular flexibility index (Phi) is 5.22. The Labute approximate surface area is 97.2 Å². The van der Waals surface area contributed by atoms with E-state index in [1.54, 1.807) is 12.1 Å². The fourth-order valence-electron chi connectivity index (χ4n) is 1.16. The first-order valence-corrected chi connectivity index (χ1v) is 5.65. The fraction of sp³-hybridized carbons (Fsp3) is 0.455. The van der Waals surface area contributed by atoms with Crippen molar-refractivity contribution in [2.45, 2.75) is 19.4 Å². The van der Waals surface area contributed by atoms with Crippen LogP contribution in [0.2, 0.25) is 0 Å². The summed E-state index contributed by atoms with van der Waals surface area (Å²) in [6.45, 7) is 2.87. The number of aliphatic hydroxyl groups is 1. The molecule has 84 valence electrons. The highest BCUT2D eigenvalue weighted by atomic mass is 79.9. The van der Waals surface area contributed by atoms with Gasteiger partial charge in [-0.25, -0.2) is 4.39 Å². The van der Waals surface area contributed by atoms with Gasteiger partial charge in [0, 0.05) is 6.61 Å². The molecule has 0 aromatic heterocycles. The van der Waals surface area contributed by atoms with Gasteiger partial charge >= 0.3 is 0 Å². The maximum absolute atomic E-state index is 12.9. The number of hydrogen-bond donors (Lipinski definition) is 1. The first kappa shape index (κ1) is 12.6. The normalized spacial score (nSPS) is 12.8. The van der Waals surface area contributed by atoms with E-state index in [1.807, 2.05) is 6.92 Å². The van der Waals surface area contributed by atoms with E-state index in [4.69, 9.17) is 4.74 Å². The van der Waals surface area contributed by atoms with Crippen LogP contribution in [0.4, 0.5) is 4.39 Å². The molecule has 1 N–H and O–H groups in total. The summed E-state index contributed by atoms with van der Waals surface area (Å²) in [4.78, 5) is 0. The smallest absolute Gasteiger partial charge is 0.137 e. The lowest BCUT2D eigenvalue weighted by Crippen LogP contribution is -2.07. The molecule has 0 saturated heterocycles. The van der Waals surface area contributed by atoms with Crippen molar-refractivity contribution >= 4 is 15.9 Å². The first-order chi connectivity index (χ1) is 7.15. The Hall–Kier alpha value is -0.450. The van der Waals surface area contributed by atoms with Gasteiger partial charge in [0.25, 0.3) is 0 Å². The fourth-order valence-corrected chi connectivity index (χ4v) is 1.55. The van der Waals surface area contributed by atoms with Crippen molar-refractivity contribution in [1.82, 2.24) is 0 Å². The molecule has 0 radical (unpaired) electrons. The summed E-state index contributed by atoms with van der Waals surface area (Å²) in [7, 11) is 0. The summed E-state index contributed by atoms with van der Waals surface area (Å²) in [5.41, 5.74) is 0.652. The van der Waals surface area contributed by atoms with Gasteiger partial charge in [-0.15, -0.1) is 0 Å². The van der Waals surface area contributed by atoms with Crippen molar-refractivity contribution in [3.05, 3.63) is 34.1 Å². The SMILES string of the molecule is CCCOCC(O)c1ccc(F)c(Br)c1. The van der Waals surface area contributed by atoms with E-state index >= 15 is 0 Å². The van der Waals surface area contributed by atoms with E-state index in [0.717, 1.165) is 6.42 Å². The maximum atomic E-state index is 12.9. The van der Waals surface area contributed by atoms with Crippen molar-refractivity contribution in [3.8, 4) is 0 Å². The maximum Gasteiger partial charge on any atom is 0.137 e. The molecule has 1 unspecified atom stereocenters. The van der Waals surface area contributed by atoms with Crippen LogP contribution in [-0.4, -0.2) is 18.3 Å². The number of benzene rings is 1. The predicted molar refractivity (Wildman–Crippen MR) is 60.2 cm³/mol. The second-order valence-electron chi connectivity index (χ2n) is 3.26. The van der Waals surface area contributed by atoms with Crippen LogP contribution >= 0.6 is 15.9 Å². The van der Waals surface area contributed by atoms with Gasteiger partial charge in [-0.3, -0.25) is 0 Å². The quantitative estimate of drug-likeness (QED) is 0.838. The van der Waals surface area contributed by atoms with Crippen molar-refractivity contribution < 1.29 is 14.2 Å². The largest absolute Gasteiger partial charge is 0.386 e. The van der Waals surface area contributed by atoms with Gasteiger partial charge in [-0.2, -0.15) is 0 Å². The third kappa shape index (κ3) is 3.89. The number of aliphatic hydroxyl groups excluding tert-OH is 1. The first-order valence-electron chi connectivity index (χ1n) is 4.86. The molecule has 4 heteroatoms. The zero-order chi connectivity index (χ0) is 11.3. The van der Waals surface area contributed by atoms with Crippen molar-refractivity contribution in [2.75, 3.05) is 13.2 Å². The predicted octanol–water partition coefficient (Wildman–Crippen LogP) is 3.05. The van der Waals surface area contributed by atoms with Gasteiger partial charge in [0.05, 0.1) is 11.1 Å². The van der Waals surface area contributed by atoms with Crippen molar-refractivity contribution in [3.63, 3.8) is 0 Å². The van der Waals surface area contributed by atoms with E-state index < -0.39 is 6.10 Å². The molecule has 0 fully saturated rings. The zero-order valence-electron chi connectivity index (χ0n) is 8.54. The van der Waals surface area contributed by atoms with Crippen LogP contribution in [0.3, 0.4) is 0 Å². The lowest BCUT2D eigenvalue weighted by molar-refractivity contribution is 0.0363. The van der Waals surface area contributed by atoms with E-state index in [-0.39, 0.29) is 12.4 Å². The number of halogens is 2. The summed E-state index contributed by atoms with van der Waals surface area (Å²) in [5, 5.41) is 9.69. The van der Waals surface area contributed by atoms with Crippen LogP contribution in [0.15, 0.2) is 22.7 Å². The summed E-state index contributed by atoms with van der Waals surface area (Å²) in [6.07, 6.45) is 0.216. The molecule has 0 bridgehead atoms. The molecule has 0 aliphatic heterocycles. The second-order valence-corrected chi connectivity index (χ2v) is 4.12. The highest BCUT2D eigenvalue weighted by Gasteiger charge is 2.09. The van der Waals surface area contributed by atoms with Gasteiger partial charge in [0.1, 0.15) is 11.9 Å². The van der Waals surface area contributed by atoms with Gasteiger partial charge in [0.15, 0.2) is 0 Å². The molecule has 1 atom stereocenters. The average molecular weight is 277 g/mol. The van der Waals surface area contributed by atoms with Crippen LogP contribution < -0.4 is 0 Å². The van der Waals surface area contributed by atoms with Crippen molar-refractivity contribution in [2.24, 2.45) is 0 Å². The molecule has 0 aliphatic rings. The monoisotopic (exact) mass is 276 g/mol. The Bertz CT molecular complexity index is 317. The Morgan fingerprint density at radius 3 is 2.87 bits per heavy atom. The highest BCUT2D eigenvalue weighted by molar-refractivity contribution is 9.10. The minimum atomic E-state index is -0.701. The number of rotatable bonds is 5. The minimum Gasteiger partial charge on any atom is -0.386 e. The third-order valence-corrected chi connectivity index (χ3v) is 2.56. The summed E-state index contributed by atoms with van der Waals surface area (Å²) in [5.74, 6) is -0.333. The standard InChI is InChI=1S/C11H14BrFO2/c1-2-5-15-7-11(14)8-3-4-10(13)9(12)6-8/h3-4,6,11,14H,2,5,7H2,1H3. The second kappa shape index (κ2) is 6.20. The van der Waals surface area contributed by atoms with Crippen LogP contribution in [0.1, 0.15) is 25.0 Å². The Balaban J connectivity index is 2.57. The number of ether oxygens (including phenoxy) is 1. The Morgan fingerprint density at radius 1 is 1.53 bits per heavy atom. The molecular formula is C11H14BrFO2. The van der Waals surface area contributed by atoms with Crippen LogP contribution in [-0.2, 0) is 4.74 Å². The zero-order valence-corrected chi connectivity index (χ0v) is 10.1. The molecule has 1 aromatic carbocycles. The average Bonchev–Trinajstić information content (AvgIpc) is 2.22. The molecule has 0 amide bonds. The lowest BCUT2D eigenvalue weighted by Gasteiger charge is -2.11. The van der Waals surface area contributed by atoms with Crippen LogP contribution in [0.25, 0.3) is 0 Å². The molecule has 2 nitrogen and oxygen atoms in total. The van der Waals surface area contributed by atoms with E-state index in [1.165, 1.54) is 6.07 Å². The summed E-state index contributed by atoms with van der Waals surface area (Å²) < 4.78 is 18.5. The number of hydrogen-bond acceptors (Lipinski definition) is 2. The third-order valence-electron chi connectivity index (χ3n) is 1.95. The lowest BCUT2D eigenvalue weighted by atomic mass is 10.1. The molecule has 0 spiro atoms. The molecule has 1 rings (SSSR count).